The maximum atomic E-state index is 12.1. The Morgan fingerprint density at radius 1 is 1.42 bits per heavy atom. The molecule has 2 rings (SSSR count). The second-order valence-corrected chi connectivity index (χ2v) is 5.86. The normalized spacial score (nSPS) is 17.5. The van der Waals surface area contributed by atoms with E-state index in [1.165, 1.54) is 18.2 Å². The van der Waals surface area contributed by atoms with Crippen LogP contribution in [-0.2, 0) is 9.59 Å². The standard InChI is InChI=1S/C16H22N4O4/c1-11-10-12(20(23)24)5-6-13(11)18-15(21)7-9-19-8-3-4-14(19)16(22)17-2/h5-6,10,14H,3-4,7-9H2,1-2H3,(H,17,22)(H,18,21)/t14-/m0/s1. The van der Waals surface area contributed by atoms with Crippen molar-refractivity contribution in [3.63, 3.8) is 0 Å². The number of carbonyl (C=O) groups excluding carboxylic acids is 2. The highest BCUT2D eigenvalue weighted by atomic mass is 16.6. The summed E-state index contributed by atoms with van der Waals surface area (Å²) in [5, 5.41) is 16.1. The number of nitrogens with zero attached hydrogens (tertiary/aromatic N) is 2. The first-order valence-corrected chi connectivity index (χ1v) is 7.93. The Morgan fingerprint density at radius 3 is 2.79 bits per heavy atom. The smallest absolute Gasteiger partial charge is 0.269 e. The number of nitrogens with one attached hydrogen (secondary N) is 2. The minimum atomic E-state index is -0.467. The van der Waals surface area contributed by atoms with Crippen molar-refractivity contribution in [3.05, 3.63) is 33.9 Å². The zero-order valence-corrected chi connectivity index (χ0v) is 13.9. The van der Waals surface area contributed by atoms with Crippen molar-refractivity contribution in [2.75, 3.05) is 25.5 Å². The molecule has 1 heterocycles. The molecule has 8 nitrogen and oxygen atoms in total. The van der Waals surface area contributed by atoms with E-state index >= 15 is 0 Å². The highest BCUT2D eigenvalue weighted by Crippen LogP contribution is 2.22. The van der Waals surface area contributed by atoms with Gasteiger partial charge in [-0.25, -0.2) is 0 Å². The molecule has 1 aromatic rings. The van der Waals surface area contributed by atoms with Gasteiger partial charge in [-0.05, 0) is 37.9 Å². The molecule has 1 aliphatic rings. The third kappa shape index (κ3) is 4.29. The number of nitro benzene ring substituents is 1. The first-order valence-electron chi connectivity index (χ1n) is 7.93. The maximum absolute atomic E-state index is 12.1. The van der Waals surface area contributed by atoms with Gasteiger partial charge in [-0.2, -0.15) is 0 Å². The Hall–Kier alpha value is -2.48. The van der Waals surface area contributed by atoms with Crippen molar-refractivity contribution >= 4 is 23.2 Å². The van der Waals surface area contributed by atoms with Crippen molar-refractivity contribution in [1.82, 2.24) is 10.2 Å². The third-order valence-corrected chi connectivity index (χ3v) is 4.23. The predicted molar refractivity (Wildman–Crippen MR) is 89.7 cm³/mol. The van der Waals surface area contributed by atoms with Gasteiger partial charge in [0.1, 0.15) is 0 Å². The molecule has 0 saturated carbocycles. The van der Waals surface area contributed by atoms with Gasteiger partial charge in [0, 0.05) is 37.8 Å². The van der Waals surface area contributed by atoms with Crippen molar-refractivity contribution < 1.29 is 14.5 Å². The van der Waals surface area contributed by atoms with Crippen LogP contribution in [0.3, 0.4) is 0 Å². The van der Waals surface area contributed by atoms with Gasteiger partial charge in [-0.15, -0.1) is 0 Å². The summed E-state index contributed by atoms with van der Waals surface area (Å²) < 4.78 is 0. The van der Waals surface area contributed by atoms with Crippen molar-refractivity contribution in [2.24, 2.45) is 0 Å². The summed E-state index contributed by atoms with van der Waals surface area (Å²) >= 11 is 0. The molecule has 2 N–H and O–H groups in total. The molecule has 1 aliphatic heterocycles. The summed E-state index contributed by atoms with van der Waals surface area (Å²) in [5.74, 6) is -0.186. The van der Waals surface area contributed by atoms with Crippen LogP contribution in [-0.4, -0.2) is 47.8 Å². The van der Waals surface area contributed by atoms with Gasteiger partial charge in [0.25, 0.3) is 5.69 Å². The number of likely N-dealkylation sites (N-methyl/N-ethyl adjacent to an activating group) is 1. The molecular weight excluding hydrogens is 312 g/mol. The summed E-state index contributed by atoms with van der Waals surface area (Å²) in [4.78, 5) is 36.2. The van der Waals surface area contributed by atoms with Crippen LogP contribution in [0.1, 0.15) is 24.8 Å². The Bertz CT molecular complexity index is 647. The van der Waals surface area contributed by atoms with E-state index in [1.54, 1.807) is 14.0 Å². The third-order valence-electron chi connectivity index (χ3n) is 4.23. The fourth-order valence-corrected chi connectivity index (χ4v) is 2.92. The Kier molecular flexibility index (Phi) is 5.86. The highest BCUT2D eigenvalue weighted by Gasteiger charge is 2.29. The van der Waals surface area contributed by atoms with Crippen molar-refractivity contribution in [1.29, 1.82) is 0 Å². The van der Waals surface area contributed by atoms with Gasteiger partial charge in [0.05, 0.1) is 11.0 Å². The minimum absolute atomic E-state index is 0.00372. The van der Waals surface area contributed by atoms with Gasteiger partial charge in [-0.3, -0.25) is 24.6 Å². The van der Waals surface area contributed by atoms with Gasteiger partial charge in [0.2, 0.25) is 11.8 Å². The second kappa shape index (κ2) is 7.87. The summed E-state index contributed by atoms with van der Waals surface area (Å²) in [6, 6.07) is 4.17. The fourth-order valence-electron chi connectivity index (χ4n) is 2.92. The summed E-state index contributed by atoms with van der Waals surface area (Å²) in [6.07, 6.45) is 2.02. The van der Waals surface area contributed by atoms with Crippen molar-refractivity contribution in [2.45, 2.75) is 32.2 Å². The molecule has 1 fully saturated rings. The number of non-ortho nitro benzene ring substituents is 1. The zero-order valence-electron chi connectivity index (χ0n) is 13.9. The molecule has 2 amide bonds. The van der Waals surface area contributed by atoms with E-state index in [-0.39, 0.29) is 30.0 Å². The Labute approximate surface area is 140 Å². The van der Waals surface area contributed by atoms with E-state index in [2.05, 4.69) is 10.6 Å². The Balaban J connectivity index is 1.89. The number of nitro groups is 1. The summed E-state index contributed by atoms with van der Waals surface area (Å²) in [7, 11) is 1.61. The number of aryl methyl sites for hydroxylation is 1. The maximum Gasteiger partial charge on any atom is 0.269 e. The summed E-state index contributed by atoms with van der Waals surface area (Å²) in [6.45, 7) is 3.03. The highest BCUT2D eigenvalue weighted by molar-refractivity contribution is 5.91. The topological polar surface area (TPSA) is 105 Å². The van der Waals surface area contributed by atoms with Crippen LogP contribution in [0.25, 0.3) is 0 Å². The number of carbonyl (C=O) groups is 2. The number of likely N-dealkylation sites (tertiary alicyclic amines) is 1. The average molecular weight is 334 g/mol. The molecular formula is C16H22N4O4. The van der Waals surface area contributed by atoms with Crippen LogP contribution in [0.5, 0.6) is 0 Å². The monoisotopic (exact) mass is 334 g/mol. The molecule has 8 heteroatoms. The lowest BCUT2D eigenvalue weighted by Crippen LogP contribution is -2.42. The van der Waals surface area contributed by atoms with Crippen molar-refractivity contribution in [3.8, 4) is 0 Å². The number of rotatable bonds is 6. The predicted octanol–water partition coefficient (Wildman–Crippen LogP) is 1.44. The number of hydrogen-bond acceptors (Lipinski definition) is 5. The van der Waals surface area contributed by atoms with Gasteiger partial charge >= 0.3 is 0 Å². The minimum Gasteiger partial charge on any atom is -0.358 e. The van der Waals surface area contributed by atoms with E-state index < -0.39 is 4.92 Å². The van der Waals surface area contributed by atoms with Crippen LogP contribution in [0.2, 0.25) is 0 Å². The number of anilines is 1. The van der Waals surface area contributed by atoms with E-state index in [9.17, 15) is 19.7 Å². The van der Waals surface area contributed by atoms with Crippen LogP contribution >= 0.6 is 0 Å². The van der Waals surface area contributed by atoms with Crippen LogP contribution in [0.15, 0.2) is 18.2 Å². The molecule has 0 radical (unpaired) electrons. The lowest BCUT2D eigenvalue weighted by molar-refractivity contribution is -0.384. The molecule has 0 aliphatic carbocycles. The molecule has 130 valence electrons. The molecule has 0 bridgehead atoms. The number of hydrogen-bond donors (Lipinski definition) is 2. The number of amides is 2. The SMILES string of the molecule is CNC(=O)[C@@H]1CCCN1CCC(=O)Nc1ccc([N+](=O)[O-])cc1C. The molecule has 1 atom stereocenters. The summed E-state index contributed by atoms with van der Waals surface area (Å²) in [5.41, 5.74) is 1.20. The molecule has 1 saturated heterocycles. The van der Waals surface area contributed by atoms with E-state index in [0.29, 0.717) is 17.8 Å². The molecule has 1 aromatic carbocycles. The van der Waals surface area contributed by atoms with E-state index in [1.807, 2.05) is 4.90 Å². The van der Waals surface area contributed by atoms with Gasteiger partial charge in [-0.1, -0.05) is 0 Å². The molecule has 0 unspecified atom stereocenters. The van der Waals surface area contributed by atoms with Crippen LogP contribution in [0.4, 0.5) is 11.4 Å². The molecule has 0 aromatic heterocycles. The van der Waals surface area contributed by atoms with E-state index in [4.69, 9.17) is 0 Å². The lowest BCUT2D eigenvalue weighted by atomic mass is 10.1. The van der Waals surface area contributed by atoms with Crippen LogP contribution in [0, 0.1) is 17.0 Å². The van der Waals surface area contributed by atoms with Crippen LogP contribution < -0.4 is 10.6 Å². The van der Waals surface area contributed by atoms with Gasteiger partial charge in [0.15, 0.2) is 0 Å². The lowest BCUT2D eigenvalue weighted by Gasteiger charge is -2.22. The second-order valence-electron chi connectivity index (χ2n) is 5.86. The fraction of sp³-hybridized carbons (Fsp3) is 0.500. The first kappa shape index (κ1) is 17.9. The number of benzene rings is 1. The zero-order chi connectivity index (χ0) is 17.7. The quantitative estimate of drug-likeness (QED) is 0.605. The largest absolute Gasteiger partial charge is 0.358 e. The average Bonchev–Trinajstić information content (AvgIpc) is 3.02. The van der Waals surface area contributed by atoms with E-state index in [0.717, 1.165) is 19.4 Å². The molecule has 0 spiro atoms. The first-order chi connectivity index (χ1) is 11.4. The Morgan fingerprint density at radius 2 is 2.17 bits per heavy atom. The van der Waals surface area contributed by atoms with Gasteiger partial charge < -0.3 is 10.6 Å². The molecule has 24 heavy (non-hydrogen) atoms.